The molecule has 2 aromatic carbocycles. The standard InChI is InChI=1S/C37H38N6O11/c1-35(33(48)43-24(14-18-8-4-3-5-9-18)31(46)42-13-7-12-25(42)37(43,51)54-35)39-30(45)21-17-41(2)23-15-19-16-38-22-11-6-10-20(26(19)22)27(23)28(21)36(50)29(44)32(47)52-40-53-34(36)49/h3-6,8-11,16,21,23-25,29,38,40,44,50-51H,7,12-15,17H2,1-2H3,(H,39,45)/t21-,23+,24?,25-,29?,35?,36?,37?/m0/s1. The van der Waals surface area contributed by atoms with Gasteiger partial charge in [0.25, 0.3) is 11.8 Å². The molecule has 1 aromatic heterocycles. The molecule has 3 amide bonds. The van der Waals surface area contributed by atoms with Crippen LogP contribution in [0.25, 0.3) is 16.5 Å². The molecule has 282 valence electrons. The first-order valence-corrected chi connectivity index (χ1v) is 17.8. The van der Waals surface area contributed by atoms with Crippen LogP contribution in [0.4, 0.5) is 0 Å². The van der Waals surface area contributed by atoms with Crippen molar-refractivity contribution in [3.8, 4) is 0 Å². The smallest absolute Gasteiger partial charge is 0.367 e. The number of carbonyl (C=O) groups excluding carboxylic acids is 5. The molecular formula is C37H38N6O11. The second-order valence-corrected chi connectivity index (χ2v) is 15.0. The van der Waals surface area contributed by atoms with Crippen LogP contribution in [0.5, 0.6) is 0 Å². The summed E-state index contributed by atoms with van der Waals surface area (Å²) >= 11 is 0. The SMILES string of the molecule is CN1C[C@H](C(=O)NC2(C)OC3(O)[C@@H]4CCCN4C(=O)C(Cc4ccccc4)N3C2=O)C(C2(O)C(=O)ONOC(=O)C2O)=C2c3cccc4[nH]cc(c34)C[C@H]21. The van der Waals surface area contributed by atoms with Crippen molar-refractivity contribution >= 4 is 46.1 Å². The van der Waals surface area contributed by atoms with Crippen molar-refractivity contribution in [3.05, 3.63) is 77.0 Å². The molecular weight excluding hydrogens is 704 g/mol. The number of rotatable bonds is 5. The fourth-order valence-corrected chi connectivity index (χ4v) is 9.49. The summed E-state index contributed by atoms with van der Waals surface area (Å²) in [6.45, 7) is 1.45. The molecule has 8 atom stereocenters. The Labute approximate surface area is 307 Å². The number of likely N-dealkylation sites (N-methyl/N-ethyl adjacent to an activating group) is 1. The van der Waals surface area contributed by atoms with E-state index in [-0.39, 0.29) is 24.4 Å². The Kier molecular flexibility index (Phi) is 7.63. The lowest BCUT2D eigenvalue weighted by Crippen LogP contribution is -2.71. The number of amides is 3. The van der Waals surface area contributed by atoms with Crippen molar-refractivity contribution < 1.29 is 53.7 Å². The fourth-order valence-electron chi connectivity index (χ4n) is 9.49. The summed E-state index contributed by atoms with van der Waals surface area (Å²) in [6, 6.07) is 11.7. The zero-order valence-corrected chi connectivity index (χ0v) is 29.3. The van der Waals surface area contributed by atoms with E-state index in [9.17, 15) is 39.3 Å². The maximum atomic E-state index is 14.8. The van der Waals surface area contributed by atoms with Gasteiger partial charge in [-0.05, 0) is 67.1 Å². The minimum absolute atomic E-state index is 0.0687. The van der Waals surface area contributed by atoms with Gasteiger partial charge >= 0.3 is 11.9 Å². The van der Waals surface area contributed by atoms with E-state index in [2.05, 4.69) is 15.1 Å². The fraction of sp³-hybridized carbons (Fsp3) is 0.432. The Hall–Kier alpha value is -5.17. The quantitative estimate of drug-likeness (QED) is 0.184. The van der Waals surface area contributed by atoms with Gasteiger partial charge in [-0.15, -0.1) is 0 Å². The average molecular weight is 743 g/mol. The van der Waals surface area contributed by atoms with Crippen LogP contribution in [0, 0.1) is 5.92 Å². The molecule has 4 fully saturated rings. The molecule has 6 N–H and O–H groups in total. The molecule has 3 aromatic rings. The first-order chi connectivity index (χ1) is 25.8. The van der Waals surface area contributed by atoms with Gasteiger partial charge in [0, 0.05) is 48.3 Å². The summed E-state index contributed by atoms with van der Waals surface area (Å²) in [5, 5.41) is 39.4. The first kappa shape index (κ1) is 34.6. The number of aromatic nitrogens is 1. The molecule has 0 saturated carbocycles. The van der Waals surface area contributed by atoms with E-state index in [1.165, 1.54) is 11.8 Å². The number of H-pyrrole nitrogens is 1. The summed E-state index contributed by atoms with van der Waals surface area (Å²) in [6.07, 6.45) is 0.651. The normalized spacial score (nSPS) is 35.0. The molecule has 0 radical (unpaired) electrons. The number of nitrogens with zero attached hydrogens (tertiary/aromatic N) is 3. The van der Waals surface area contributed by atoms with Crippen LogP contribution in [-0.2, 0) is 51.2 Å². The van der Waals surface area contributed by atoms with Gasteiger partial charge in [-0.2, -0.15) is 0 Å². The van der Waals surface area contributed by atoms with Gasteiger partial charge in [-0.25, -0.2) is 9.59 Å². The number of nitrogens with one attached hydrogen (secondary N) is 3. The Bertz CT molecular complexity index is 2170. The zero-order valence-electron chi connectivity index (χ0n) is 29.3. The summed E-state index contributed by atoms with van der Waals surface area (Å²) in [5.41, 5.74) is -0.806. The number of piperazine rings is 1. The molecule has 17 nitrogen and oxygen atoms in total. The number of hydrogen-bond donors (Lipinski definition) is 6. The van der Waals surface area contributed by atoms with Crippen molar-refractivity contribution in [1.82, 2.24) is 30.6 Å². The summed E-state index contributed by atoms with van der Waals surface area (Å²) < 4.78 is 6.23. The van der Waals surface area contributed by atoms with Crippen LogP contribution < -0.4 is 11.0 Å². The van der Waals surface area contributed by atoms with Gasteiger partial charge in [0.1, 0.15) is 12.1 Å². The van der Waals surface area contributed by atoms with Gasteiger partial charge in [-0.3, -0.25) is 28.9 Å². The maximum absolute atomic E-state index is 14.8. The predicted molar refractivity (Wildman–Crippen MR) is 183 cm³/mol. The predicted octanol–water partition coefficient (Wildman–Crippen LogP) is -1.03. The third kappa shape index (κ3) is 4.69. The highest BCUT2D eigenvalue weighted by molar-refractivity contribution is 6.05. The van der Waals surface area contributed by atoms with Gasteiger partial charge in [0.15, 0.2) is 6.10 Å². The maximum Gasteiger partial charge on any atom is 0.367 e. The van der Waals surface area contributed by atoms with Crippen LogP contribution >= 0.6 is 0 Å². The van der Waals surface area contributed by atoms with E-state index in [0.29, 0.717) is 36.9 Å². The molecule has 1 aliphatic carbocycles. The highest BCUT2D eigenvalue weighted by Crippen LogP contribution is 2.50. The number of benzene rings is 2. The van der Waals surface area contributed by atoms with E-state index < -0.39 is 71.1 Å². The first-order valence-electron chi connectivity index (χ1n) is 17.8. The summed E-state index contributed by atoms with van der Waals surface area (Å²) in [5.74, 6) is -8.97. The van der Waals surface area contributed by atoms with Crippen molar-refractivity contribution in [2.45, 2.75) is 74.1 Å². The molecule has 5 unspecified atom stereocenters. The van der Waals surface area contributed by atoms with E-state index in [1.54, 1.807) is 49.1 Å². The molecule has 54 heavy (non-hydrogen) atoms. The second-order valence-electron chi connectivity index (χ2n) is 15.0. The lowest BCUT2D eigenvalue weighted by Gasteiger charge is -2.48. The van der Waals surface area contributed by atoms with E-state index >= 15 is 0 Å². The molecule has 6 aliphatic rings. The second kappa shape index (κ2) is 11.9. The minimum atomic E-state index is -3.15. The minimum Gasteiger partial charge on any atom is -0.378 e. The van der Waals surface area contributed by atoms with Crippen molar-refractivity contribution in [3.63, 3.8) is 0 Å². The van der Waals surface area contributed by atoms with E-state index in [4.69, 9.17) is 9.57 Å². The van der Waals surface area contributed by atoms with Gasteiger partial charge in [-0.1, -0.05) is 42.5 Å². The van der Waals surface area contributed by atoms with Gasteiger partial charge in [0.05, 0.1) is 5.92 Å². The molecule has 5 aliphatic heterocycles. The van der Waals surface area contributed by atoms with E-state index in [1.807, 2.05) is 23.2 Å². The highest BCUT2D eigenvalue weighted by atomic mass is 16.9. The summed E-state index contributed by atoms with van der Waals surface area (Å²) in [7, 11) is 1.75. The number of ether oxygens (including phenoxy) is 1. The van der Waals surface area contributed by atoms with Crippen LogP contribution in [0.3, 0.4) is 0 Å². The molecule has 9 rings (SSSR count). The lowest BCUT2D eigenvalue weighted by atomic mass is 9.68. The molecule has 4 saturated heterocycles. The Morgan fingerprint density at radius 1 is 1.06 bits per heavy atom. The van der Waals surface area contributed by atoms with Gasteiger partial charge < -0.3 is 40.2 Å². The molecule has 0 spiro atoms. The van der Waals surface area contributed by atoms with Crippen molar-refractivity contribution in [1.29, 1.82) is 0 Å². The number of aliphatic hydroxyl groups excluding tert-OH is 1. The molecule has 17 heteroatoms. The molecule has 6 heterocycles. The van der Waals surface area contributed by atoms with E-state index in [0.717, 1.165) is 26.9 Å². The van der Waals surface area contributed by atoms with Gasteiger partial charge in [0.2, 0.25) is 23.1 Å². The highest BCUT2D eigenvalue weighted by Gasteiger charge is 2.70. The topological polar surface area (TPSA) is 223 Å². The largest absolute Gasteiger partial charge is 0.378 e. The van der Waals surface area contributed by atoms with Crippen LogP contribution in [0.15, 0.2) is 60.3 Å². The number of hydrogen-bond acceptors (Lipinski definition) is 13. The monoisotopic (exact) mass is 742 g/mol. The summed E-state index contributed by atoms with van der Waals surface area (Å²) in [4.78, 5) is 87.0. The number of aromatic amines is 1. The number of carbonyl (C=O) groups is 5. The third-order valence-electron chi connectivity index (χ3n) is 11.9. The Morgan fingerprint density at radius 3 is 2.61 bits per heavy atom. The molecule has 0 bridgehead atoms. The van der Waals surface area contributed by atoms with Crippen molar-refractivity contribution in [2.24, 2.45) is 5.92 Å². The third-order valence-corrected chi connectivity index (χ3v) is 11.9. The average Bonchev–Trinajstić information content (AvgIpc) is 3.85. The van der Waals surface area contributed by atoms with Crippen LogP contribution in [0.2, 0.25) is 0 Å². The zero-order chi connectivity index (χ0) is 37.9. The number of aliphatic hydroxyl groups is 3. The van der Waals surface area contributed by atoms with Crippen LogP contribution in [-0.4, -0.2) is 126 Å². The van der Waals surface area contributed by atoms with Crippen LogP contribution in [0.1, 0.15) is 36.5 Å². The van der Waals surface area contributed by atoms with Crippen molar-refractivity contribution in [2.75, 3.05) is 20.1 Å². The Balaban J connectivity index is 1.15. The lowest BCUT2D eigenvalue weighted by molar-refractivity contribution is -0.315. The number of fused-ring (bicyclic) bond motifs is 5. The Morgan fingerprint density at radius 2 is 1.83 bits per heavy atom.